The van der Waals surface area contributed by atoms with Gasteiger partial charge in [0.2, 0.25) is 11.8 Å². The van der Waals surface area contributed by atoms with Crippen LogP contribution in [0.2, 0.25) is 5.02 Å². The average molecular weight is 451 g/mol. The molecule has 1 fully saturated rings. The molecule has 8 heteroatoms. The third-order valence-corrected chi connectivity index (χ3v) is 5.79. The van der Waals surface area contributed by atoms with Crippen LogP contribution in [-0.2, 0) is 9.59 Å². The Morgan fingerprint density at radius 2 is 1.56 bits per heavy atom. The molecule has 2 heterocycles. The van der Waals surface area contributed by atoms with Gasteiger partial charge in [-0.15, -0.1) is 0 Å². The number of carbonyl (C=O) groups excluding carboxylic acids is 3. The van der Waals surface area contributed by atoms with Crippen LogP contribution in [0.1, 0.15) is 28.2 Å². The summed E-state index contributed by atoms with van der Waals surface area (Å²) in [6.45, 7) is 4.13. The van der Waals surface area contributed by atoms with Crippen molar-refractivity contribution in [3.05, 3.63) is 82.6 Å². The summed E-state index contributed by atoms with van der Waals surface area (Å²) < 4.78 is 1.72. The van der Waals surface area contributed by atoms with Crippen molar-refractivity contribution in [1.82, 2.24) is 4.68 Å². The second kappa shape index (κ2) is 8.88. The third-order valence-electron chi connectivity index (χ3n) is 5.53. The van der Waals surface area contributed by atoms with Crippen molar-refractivity contribution in [2.75, 3.05) is 22.2 Å². The van der Waals surface area contributed by atoms with Crippen molar-refractivity contribution >= 4 is 40.7 Å². The highest BCUT2D eigenvalue weighted by Crippen LogP contribution is 2.27. The van der Waals surface area contributed by atoms with E-state index < -0.39 is 5.92 Å². The lowest BCUT2D eigenvalue weighted by Crippen LogP contribution is -2.28. The molecule has 164 valence electrons. The molecular formula is C24H23ClN4O3. The van der Waals surface area contributed by atoms with Crippen LogP contribution in [0.3, 0.4) is 0 Å². The Labute approximate surface area is 190 Å². The van der Waals surface area contributed by atoms with Crippen LogP contribution in [-0.4, -0.2) is 28.9 Å². The minimum Gasteiger partial charge on any atom is -0.326 e. The number of carbonyl (C=O) groups is 3. The highest BCUT2D eigenvalue weighted by Gasteiger charge is 2.35. The number of nitrogens with one attached hydrogen (secondary N) is 2. The Hall–Kier alpha value is -3.58. The van der Waals surface area contributed by atoms with Crippen LogP contribution < -0.4 is 15.6 Å². The fraction of sp³-hybridized carbons (Fsp3) is 0.208. The lowest BCUT2D eigenvalue weighted by molar-refractivity contribution is -0.122. The molecule has 1 aliphatic heterocycles. The van der Waals surface area contributed by atoms with Crippen LogP contribution in [0, 0.1) is 19.8 Å². The zero-order chi connectivity index (χ0) is 22.8. The molecule has 1 aromatic heterocycles. The second-order valence-electron chi connectivity index (χ2n) is 7.84. The maximum absolute atomic E-state index is 12.7. The molecule has 1 unspecified atom stereocenters. The standard InChI is InChI=1S/C24H23ClN4O3/c1-15-3-4-16(2)29(15)27-24(32)17-5-9-20(10-6-17)26-23(31)18-13-22(30)28(14-18)21-11-7-19(25)8-12-21/h3-12,18H,13-14H2,1-2H3,(H,26,31)(H,27,32). The molecule has 7 nitrogen and oxygen atoms in total. The molecule has 0 saturated carbocycles. The van der Waals surface area contributed by atoms with Gasteiger partial charge in [0.25, 0.3) is 5.91 Å². The van der Waals surface area contributed by atoms with E-state index in [2.05, 4.69) is 10.7 Å². The van der Waals surface area contributed by atoms with E-state index in [0.29, 0.717) is 22.8 Å². The average Bonchev–Trinajstić information content (AvgIpc) is 3.32. The zero-order valence-corrected chi connectivity index (χ0v) is 18.5. The maximum Gasteiger partial charge on any atom is 0.270 e. The molecule has 4 rings (SSSR count). The molecule has 0 spiro atoms. The number of aromatic nitrogens is 1. The molecule has 32 heavy (non-hydrogen) atoms. The molecule has 0 bridgehead atoms. The first-order valence-corrected chi connectivity index (χ1v) is 10.6. The van der Waals surface area contributed by atoms with Crippen molar-refractivity contribution in [2.45, 2.75) is 20.3 Å². The van der Waals surface area contributed by atoms with Gasteiger partial charge in [0, 0.05) is 46.3 Å². The number of amides is 3. The van der Waals surface area contributed by atoms with Crippen molar-refractivity contribution in [3.8, 4) is 0 Å². The molecule has 1 atom stereocenters. The highest BCUT2D eigenvalue weighted by atomic mass is 35.5. The summed E-state index contributed by atoms with van der Waals surface area (Å²) in [6, 6.07) is 17.5. The van der Waals surface area contributed by atoms with E-state index in [-0.39, 0.29) is 24.1 Å². The van der Waals surface area contributed by atoms with Gasteiger partial charge in [-0.2, -0.15) is 0 Å². The van der Waals surface area contributed by atoms with E-state index in [1.165, 1.54) is 0 Å². The molecule has 2 N–H and O–H groups in total. The summed E-state index contributed by atoms with van der Waals surface area (Å²) in [5, 5.41) is 3.43. The van der Waals surface area contributed by atoms with E-state index in [1.54, 1.807) is 58.1 Å². The summed E-state index contributed by atoms with van der Waals surface area (Å²) in [6.07, 6.45) is 0.143. The van der Waals surface area contributed by atoms with Gasteiger partial charge >= 0.3 is 0 Å². The van der Waals surface area contributed by atoms with Gasteiger partial charge in [0.1, 0.15) is 0 Å². The number of nitrogens with zero attached hydrogens (tertiary/aromatic N) is 2. The van der Waals surface area contributed by atoms with Crippen LogP contribution in [0.15, 0.2) is 60.7 Å². The smallest absolute Gasteiger partial charge is 0.270 e. The fourth-order valence-corrected chi connectivity index (χ4v) is 3.84. The molecule has 1 aliphatic rings. The van der Waals surface area contributed by atoms with Crippen molar-refractivity contribution in [1.29, 1.82) is 0 Å². The van der Waals surface area contributed by atoms with Crippen LogP contribution >= 0.6 is 11.6 Å². The lowest BCUT2D eigenvalue weighted by Gasteiger charge is -2.17. The summed E-state index contributed by atoms with van der Waals surface area (Å²) >= 11 is 5.91. The second-order valence-corrected chi connectivity index (χ2v) is 8.28. The number of rotatable bonds is 5. The Kier molecular flexibility index (Phi) is 6.01. The minimum atomic E-state index is -0.458. The largest absolute Gasteiger partial charge is 0.326 e. The number of halogens is 1. The monoisotopic (exact) mass is 450 g/mol. The molecule has 3 amide bonds. The zero-order valence-electron chi connectivity index (χ0n) is 17.8. The minimum absolute atomic E-state index is 0.102. The van der Waals surface area contributed by atoms with Gasteiger partial charge in [-0.1, -0.05) is 11.6 Å². The summed E-state index contributed by atoms with van der Waals surface area (Å²) in [7, 11) is 0. The number of hydrogen-bond donors (Lipinski definition) is 2. The van der Waals surface area contributed by atoms with E-state index in [4.69, 9.17) is 11.6 Å². The first-order chi connectivity index (χ1) is 15.3. The Balaban J connectivity index is 1.37. The molecule has 0 aliphatic carbocycles. The van der Waals surface area contributed by atoms with Gasteiger partial charge in [-0.3, -0.25) is 24.5 Å². The summed E-state index contributed by atoms with van der Waals surface area (Å²) in [5.74, 6) is -1.04. The van der Waals surface area contributed by atoms with Crippen LogP contribution in [0.4, 0.5) is 11.4 Å². The Morgan fingerprint density at radius 1 is 0.938 bits per heavy atom. The summed E-state index contributed by atoms with van der Waals surface area (Å²) in [5.41, 5.74) is 6.47. The van der Waals surface area contributed by atoms with Crippen molar-refractivity contribution < 1.29 is 14.4 Å². The lowest BCUT2D eigenvalue weighted by atomic mass is 10.1. The molecule has 1 saturated heterocycles. The Morgan fingerprint density at radius 3 is 2.19 bits per heavy atom. The topological polar surface area (TPSA) is 83.4 Å². The molecule has 0 radical (unpaired) electrons. The highest BCUT2D eigenvalue weighted by molar-refractivity contribution is 6.30. The maximum atomic E-state index is 12.7. The Bertz CT molecular complexity index is 1150. The number of anilines is 2. The van der Waals surface area contributed by atoms with Gasteiger partial charge < -0.3 is 10.2 Å². The number of benzene rings is 2. The van der Waals surface area contributed by atoms with E-state index in [1.807, 2.05) is 26.0 Å². The normalized spacial score (nSPS) is 15.7. The van der Waals surface area contributed by atoms with E-state index in [9.17, 15) is 14.4 Å². The van der Waals surface area contributed by atoms with E-state index in [0.717, 1.165) is 17.1 Å². The van der Waals surface area contributed by atoms with Crippen LogP contribution in [0.5, 0.6) is 0 Å². The van der Waals surface area contributed by atoms with Crippen molar-refractivity contribution in [3.63, 3.8) is 0 Å². The number of aryl methyl sites for hydroxylation is 2. The van der Waals surface area contributed by atoms with Gasteiger partial charge in [-0.05, 0) is 74.5 Å². The molecule has 3 aromatic rings. The van der Waals surface area contributed by atoms with E-state index >= 15 is 0 Å². The SMILES string of the molecule is Cc1ccc(C)n1NC(=O)c1ccc(NC(=O)C2CC(=O)N(c3ccc(Cl)cc3)C2)cc1. The van der Waals surface area contributed by atoms with Gasteiger partial charge in [-0.25, -0.2) is 0 Å². The third kappa shape index (κ3) is 4.53. The van der Waals surface area contributed by atoms with Crippen LogP contribution in [0.25, 0.3) is 0 Å². The summed E-state index contributed by atoms with van der Waals surface area (Å²) in [4.78, 5) is 39.2. The fourth-order valence-electron chi connectivity index (χ4n) is 3.71. The number of hydrogen-bond acceptors (Lipinski definition) is 3. The predicted molar refractivity (Wildman–Crippen MR) is 125 cm³/mol. The first kappa shape index (κ1) is 21.6. The molecule has 2 aromatic carbocycles. The van der Waals surface area contributed by atoms with Gasteiger partial charge in [0.05, 0.1) is 5.92 Å². The van der Waals surface area contributed by atoms with Gasteiger partial charge in [0.15, 0.2) is 0 Å². The van der Waals surface area contributed by atoms with Crippen molar-refractivity contribution in [2.24, 2.45) is 5.92 Å². The quantitative estimate of drug-likeness (QED) is 0.613. The first-order valence-electron chi connectivity index (χ1n) is 10.2. The molecular weight excluding hydrogens is 428 g/mol. The predicted octanol–water partition coefficient (Wildman–Crippen LogP) is 4.13.